The number of rotatable bonds is 5. The summed E-state index contributed by atoms with van der Waals surface area (Å²) in [4.78, 5) is 5.30. The van der Waals surface area contributed by atoms with E-state index in [0.29, 0.717) is 12.1 Å². The molecule has 2 nitrogen and oxygen atoms in total. The summed E-state index contributed by atoms with van der Waals surface area (Å²) in [7, 11) is 0. The number of para-hydroxylation sites is 1. The predicted molar refractivity (Wildman–Crippen MR) is 143 cm³/mol. The van der Waals surface area contributed by atoms with E-state index in [4.69, 9.17) is 0 Å². The van der Waals surface area contributed by atoms with Crippen molar-refractivity contribution in [2.75, 3.05) is 24.5 Å². The van der Waals surface area contributed by atoms with Crippen LogP contribution < -0.4 is 4.90 Å². The minimum absolute atomic E-state index is 0. The van der Waals surface area contributed by atoms with Crippen molar-refractivity contribution in [3.8, 4) is 11.1 Å². The standard InChI is InChI=1S/C30H28N2.BrH/c1-3-11-23(12-4-1)25(24-13-5-2-6-14-24)19-20-31-21-22-32-29-18-10-9-16-27(29)26-15-7-8-17-28(26)30(31)32;/h1-18,25,30H,19-22H2;1H. The monoisotopic (exact) mass is 496 g/mol. The molecule has 1 fully saturated rings. The summed E-state index contributed by atoms with van der Waals surface area (Å²) in [6.45, 7) is 3.26. The Hall–Kier alpha value is -2.88. The van der Waals surface area contributed by atoms with Crippen LogP contribution in [-0.2, 0) is 0 Å². The first-order chi connectivity index (χ1) is 15.9. The second-order valence-electron chi connectivity index (χ2n) is 8.87. The number of hydrogen-bond acceptors (Lipinski definition) is 2. The normalized spacial score (nSPS) is 16.6. The maximum atomic E-state index is 2.69. The molecule has 0 aromatic heterocycles. The van der Waals surface area contributed by atoms with E-state index >= 15 is 0 Å². The van der Waals surface area contributed by atoms with Crippen molar-refractivity contribution in [1.29, 1.82) is 0 Å². The Morgan fingerprint density at radius 3 is 1.91 bits per heavy atom. The van der Waals surface area contributed by atoms with Crippen LogP contribution in [0.25, 0.3) is 11.1 Å². The lowest BCUT2D eigenvalue weighted by Crippen LogP contribution is -2.34. The fourth-order valence-electron chi connectivity index (χ4n) is 5.64. The fourth-order valence-corrected chi connectivity index (χ4v) is 5.64. The molecule has 1 atom stereocenters. The first-order valence-electron chi connectivity index (χ1n) is 11.7. The van der Waals surface area contributed by atoms with E-state index in [1.165, 1.54) is 33.5 Å². The minimum Gasteiger partial charge on any atom is -0.350 e. The van der Waals surface area contributed by atoms with Gasteiger partial charge >= 0.3 is 0 Å². The molecule has 0 aliphatic carbocycles. The highest BCUT2D eigenvalue weighted by atomic mass is 79.9. The van der Waals surface area contributed by atoms with Gasteiger partial charge in [-0.3, -0.25) is 4.90 Å². The SMILES string of the molecule is Br.c1ccc(C(CCN2CCN3c4ccccc4-c4ccccc4C23)c2ccccc2)cc1. The molecule has 2 aliphatic heterocycles. The van der Waals surface area contributed by atoms with Gasteiger partial charge in [-0.1, -0.05) is 103 Å². The molecule has 0 bridgehead atoms. The van der Waals surface area contributed by atoms with Crippen molar-refractivity contribution >= 4 is 22.7 Å². The molecule has 0 radical (unpaired) electrons. The molecule has 4 aromatic carbocycles. The van der Waals surface area contributed by atoms with Crippen LogP contribution in [0.4, 0.5) is 5.69 Å². The van der Waals surface area contributed by atoms with Crippen LogP contribution in [0, 0.1) is 0 Å². The van der Waals surface area contributed by atoms with Gasteiger partial charge < -0.3 is 4.90 Å². The Kier molecular flexibility index (Phi) is 6.34. The second kappa shape index (κ2) is 9.54. The lowest BCUT2D eigenvalue weighted by Gasteiger charge is -2.38. The van der Waals surface area contributed by atoms with Gasteiger partial charge in [-0.25, -0.2) is 0 Å². The van der Waals surface area contributed by atoms with Gasteiger partial charge in [0.15, 0.2) is 0 Å². The van der Waals surface area contributed by atoms with E-state index in [-0.39, 0.29) is 17.0 Å². The Balaban J connectivity index is 0.00000228. The summed E-state index contributed by atoms with van der Waals surface area (Å²) >= 11 is 0. The van der Waals surface area contributed by atoms with Crippen LogP contribution in [0.2, 0.25) is 0 Å². The number of anilines is 1. The van der Waals surface area contributed by atoms with E-state index in [0.717, 1.165) is 26.1 Å². The largest absolute Gasteiger partial charge is 0.350 e. The smallest absolute Gasteiger partial charge is 0.109 e. The van der Waals surface area contributed by atoms with Gasteiger partial charge in [0.05, 0.1) is 0 Å². The molecule has 6 rings (SSSR count). The van der Waals surface area contributed by atoms with Crippen molar-refractivity contribution in [3.05, 3.63) is 126 Å². The Labute approximate surface area is 207 Å². The Bertz CT molecular complexity index is 1170. The lowest BCUT2D eigenvalue weighted by atomic mass is 9.88. The average Bonchev–Trinajstić information content (AvgIpc) is 3.30. The van der Waals surface area contributed by atoms with Gasteiger partial charge in [0, 0.05) is 36.8 Å². The molecule has 1 unspecified atom stereocenters. The van der Waals surface area contributed by atoms with Crippen LogP contribution in [-0.4, -0.2) is 24.5 Å². The number of hydrogen-bond donors (Lipinski definition) is 0. The summed E-state index contributed by atoms with van der Waals surface area (Å²) < 4.78 is 0. The molecule has 33 heavy (non-hydrogen) atoms. The zero-order valence-corrected chi connectivity index (χ0v) is 20.4. The summed E-state index contributed by atoms with van der Waals surface area (Å²) in [5, 5.41) is 0. The molecule has 0 spiro atoms. The summed E-state index contributed by atoms with van der Waals surface area (Å²) in [6.07, 6.45) is 1.44. The van der Waals surface area contributed by atoms with Crippen molar-refractivity contribution in [2.45, 2.75) is 18.5 Å². The summed E-state index contributed by atoms with van der Waals surface area (Å²) in [5.41, 5.74) is 8.39. The highest BCUT2D eigenvalue weighted by Gasteiger charge is 2.39. The number of fused-ring (bicyclic) bond motifs is 6. The molecule has 4 aromatic rings. The van der Waals surface area contributed by atoms with Crippen LogP contribution in [0.1, 0.15) is 35.2 Å². The first-order valence-corrected chi connectivity index (χ1v) is 11.7. The third-order valence-corrected chi connectivity index (χ3v) is 7.12. The molecule has 3 heteroatoms. The highest BCUT2D eigenvalue weighted by molar-refractivity contribution is 8.93. The van der Waals surface area contributed by atoms with E-state index in [1.54, 1.807) is 0 Å². The molecule has 2 aliphatic rings. The van der Waals surface area contributed by atoms with Gasteiger partial charge in [0.2, 0.25) is 0 Å². The maximum Gasteiger partial charge on any atom is 0.109 e. The Morgan fingerprint density at radius 1 is 0.636 bits per heavy atom. The number of nitrogens with zero attached hydrogens (tertiary/aromatic N) is 2. The highest BCUT2D eigenvalue weighted by Crippen LogP contribution is 2.48. The summed E-state index contributed by atoms with van der Waals surface area (Å²) in [5.74, 6) is 0.414. The predicted octanol–water partition coefficient (Wildman–Crippen LogP) is 7.29. The fraction of sp³-hybridized carbons (Fsp3) is 0.200. The van der Waals surface area contributed by atoms with Crippen molar-refractivity contribution in [2.24, 2.45) is 0 Å². The van der Waals surface area contributed by atoms with Crippen LogP contribution in [0.15, 0.2) is 109 Å². The Morgan fingerprint density at radius 2 is 1.21 bits per heavy atom. The van der Waals surface area contributed by atoms with Crippen molar-refractivity contribution in [1.82, 2.24) is 4.90 Å². The van der Waals surface area contributed by atoms with Crippen molar-refractivity contribution < 1.29 is 0 Å². The van der Waals surface area contributed by atoms with Gasteiger partial charge in [-0.05, 0) is 34.7 Å². The van der Waals surface area contributed by atoms with Gasteiger partial charge in [0.25, 0.3) is 0 Å². The third kappa shape index (κ3) is 4.01. The number of halogens is 1. The van der Waals surface area contributed by atoms with E-state index in [2.05, 4.69) is 119 Å². The minimum atomic E-state index is 0. The zero-order chi connectivity index (χ0) is 21.3. The zero-order valence-electron chi connectivity index (χ0n) is 18.7. The van der Waals surface area contributed by atoms with Crippen LogP contribution in [0.3, 0.4) is 0 Å². The maximum absolute atomic E-state index is 2.69. The molecule has 0 amide bonds. The molecule has 166 valence electrons. The van der Waals surface area contributed by atoms with E-state index in [1.807, 2.05) is 0 Å². The topological polar surface area (TPSA) is 6.48 Å². The molecular weight excluding hydrogens is 468 g/mol. The second-order valence-corrected chi connectivity index (χ2v) is 8.87. The van der Waals surface area contributed by atoms with Gasteiger partial charge in [-0.2, -0.15) is 0 Å². The van der Waals surface area contributed by atoms with E-state index < -0.39 is 0 Å². The van der Waals surface area contributed by atoms with E-state index in [9.17, 15) is 0 Å². The van der Waals surface area contributed by atoms with Crippen LogP contribution >= 0.6 is 17.0 Å². The first kappa shape index (κ1) is 21.9. The van der Waals surface area contributed by atoms with Crippen LogP contribution in [0.5, 0.6) is 0 Å². The summed E-state index contributed by atoms with van der Waals surface area (Å²) in [6, 6.07) is 39.9. The molecular formula is C30H29BrN2. The number of benzene rings is 4. The van der Waals surface area contributed by atoms with Gasteiger partial charge in [-0.15, -0.1) is 17.0 Å². The average molecular weight is 497 g/mol. The quantitative estimate of drug-likeness (QED) is 0.286. The van der Waals surface area contributed by atoms with Gasteiger partial charge in [0.1, 0.15) is 6.17 Å². The molecule has 0 saturated carbocycles. The van der Waals surface area contributed by atoms with Crippen molar-refractivity contribution in [3.63, 3.8) is 0 Å². The molecule has 0 N–H and O–H groups in total. The molecule has 2 heterocycles. The third-order valence-electron chi connectivity index (χ3n) is 7.12. The molecule has 1 saturated heterocycles. The lowest BCUT2D eigenvalue weighted by molar-refractivity contribution is 0.251.